The number of halogens is 1. The second kappa shape index (κ2) is 9.38. The van der Waals surface area contributed by atoms with E-state index in [0.29, 0.717) is 23.7 Å². The lowest BCUT2D eigenvalue weighted by molar-refractivity contribution is 0.0921. The first kappa shape index (κ1) is 19.9. The van der Waals surface area contributed by atoms with Crippen LogP contribution in [0.1, 0.15) is 41.6 Å². The number of nitrogens with one attached hydrogen (secondary N) is 1. The van der Waals surface area contributed by atoms with Gasteiger partial charge in [0.25, 0.3) is 5.89 Å². The van der Waals surface area contributed by atoms with Crippen LogP contribution >= 0.6 is 11.6 Å². The normalized spacial score (nSPS) is 11.5. The van der Waals surface area contributed by atoms with Crippen LogP contribution in [0.2, 0.25) is 5.02 Å². The maximum atomic E-state index is 12.4. The first-order chi connectivity index (χ1) is 13.6. The zero-order valence-corrected chi connectivity index (χ0v) is 16.8. The third kappa shape index (κ3) is 4.90. The second-order valence-corrected chi connectivity index (χ2v) is 6.93. The van der Waals surface area contributed by atoms with E-state index in [9.17, 15) is 4.79 Å². The van der Waals surface area contributed by atoms with Crippen molar-refractivity contribution in [3.63, 3.8) is 0 Å². The number of benzene rings is 2. The molecule has 1 aromatic heterocycles. The van der Waals surface area contributed by atoms with E-state index >= 15 is 0 Å². The minimum atomic E-state index is -0.319. The van der Waals surface area contributed by atoms with Crippen molar-refractivity contribution in [3.05, 3.63) is 82.8 Å². The molecule has 144 valence electrons. The summed E-state index contributed by atoms with van der Waals surface area (Å²) < 4.78 is 5.60. The Hall–Kier alpha value is -2.85. The van der Waals surface area contributed by atoms with E-state index in [1.165, 1.54) is 5.57 Å². The molecule has 0 radical (unpaired) electrons. The molecule has 3 aromatic rings. The number of hydrogen-bond acceptors (Lipinski definition) is 3. The van der Waals surface area contributed by atoms with E-state index in [1.54, 1.807) is 6.20 Å². The minimum Gasteiger partial charge on any atom is -0.432 e. The summed E-state index contributed by atoms with van der Waals surface area (Å²) in [5, 5.41) is 3.60. The molecule has 1 amide bonds. The summed E-state index contributed by atoms with van der Waals surface area (Å²) in [7, 11) is 0. The van der Waals surface area contributed by atoms with Crippen molar-refractivity contribution >= 4 is 23.1 Å². The Morgan fingerprint density at radius 1 is 1.21 bits per heavy atom. The number of rotatable bonds is 7. The number of allylic oxidation sites excluding steroid dienone is 1. The van der Waals surface area contributed by atoms with Crippen molar-refractivity contribution in [3.8, 4) is 11.3 Å². The van der Waals surface area contributed by atoms with Crippen LogP contribution in [0.4, 0.5) is 0 Å². The maximum absolute atomic E-state index is 12.4. The quantitative estimate of drug-likeness (QED) is 0.541. The van der Waals surface area contributed by atoms with Crippen LogP contribution in [0, 0.1) is 6.92 Å². The van der Waals surface area contributed by atoms with Crippen LogP contribution in [0.15, 0.2) is 65.2 Å². The van der Waals surface area contributed by atoms with Crippen LogP contribution in [0.3, 0.4) is 0 Å². The molecular weight excluding hydrogens is 372 g/mol. The molecule has 3 rings (SSSR count). The van der Waals surface area contributed by atoms with E-state index in [0.717, 1.165) is 23.1 Å². The van der Waals surface area contributed by atoms with Gasteiger partial charge in [-0.15, -0.1) is 0 Å². The van der Waals surface area contributed by atoms with Gasteiger partial charge in [0.05, 0.1) is 6.20 Å². The van der Waals surface area contributed by atoms with Crippen molar-refractivity contribution in [2.75, 3.05) is 6.54 Å². The highest BCUT2D eigenvalue weighted by molar-refractivity contribution is 6.30. The number of carbonyl (C=O) groups excluding carboxylic acids is 1. The number of aromatic nitrogens is 1. The van der Waals surface area contributed by atoms with Crippen molar-refractivity contribution in [1.82, 2.24) is 10.3 Å². The Labute approximate surface area is 170 Å². The molecule has 0 fully saturated rings. The molecule has 4 nitrogen and oxygen atoms in total. The molecule has 0 unspecified atom stereocenters. The summed E-state index contributed by atoms with van der Waals surface area (Å²) in [6.45, 7) is 4.64. The Bertz CT molecular complexity index is 977. The molecule has 28 heavy (non-hydrogen) atoms. The first-order valence-electron chi connectivity index (χ1n) is 9.33. The first-order valence-corrected chi connectivity index (χ1v) is 9.71. The predicted octanol–water partition coefficient (Wildman–Crippen LogP) is 5.92. The molecule has 0 spiro atoms. The van der Waals surface area contributed by atoms with Gasteiger partial charge >= 0.3 is 5.91 Å². The molecule has 2 aromatic carbocycles. The summed E-state index contributed by atoms with van der Waals surface area (Å²) in [6.07, 6.45) is 5.36. The maximum Gasteiger partial charge on any atom is 0.307 e. The number of oxazole rings is 1. The van der Waals surface area contributed by atoms with Gasteiger partial charge in [-0.2, -0.15) is 0 Å². The highest BCUT2D eigenvalue weighted by Crippen LogP contribution is 2.26. The number of carbonyl (C=O) groups is 1. The summed E-state index contributed by atoms with van der Waals surface area (Å²) in [6, 6.07) is 15.5. The van der Waals surface area contributed by atoms with Gasteiger partial charge in [-0.1, -0.05) is 61.0 Å². The van der Waals surface area contributed by atoms with Crippen molar-refractivity contribution < 1.29 is 9.21 Å². The molecule has 0 saturated heterocycles. The molecule has 0 saturated carbocycles. The Balaban J connectivity index is 1.63. The number of amides is 1. The van der Waals surface area contributed by atoms with Crippen LogP contribution in [-0.2, 0) is 0 Å². The Kier molecular flexibility index (Phi) is 6.66. The Morgan fingerprint density at radius 2 is 2.00 bits per heavy atom. The molecule has 0 bridgehead atoms. The highest BCUT2D eigenvalue weighted by Gasteiger charge is 2.14. The van der Waals surface area contributed by atoms with Crippen molar-refractivity contribution in [1.29, 1.82) is 0 Å². The molecule has 0 aliphatic heterocycles. The van der Waals surface area contributed by atoms with E-state index in [-0.39, 0.29) is 11.8 Å². The van der Waals surface area contributed by atoms with Gasteiger partial charge in [-0.25, -0.2) is 4.98 Å². The smallest absolute Gasteiger partial charge is 0.307 e. The molecular formula is C23H23ClN2O2. The van der Waals surface area contributed by atoms with Gasteiger partial charge in [0, 0.05) is 17.1 Å². The fourth-order valence-electron chi connectivity index (χ4n) is 3.03. The van der Waals surface area contributed by atoms with Gasteiger partial charge in [-0.3, -0.25) is 4.79 Å². The minimum absolute atomic E-state index is 0.0683. The predicted molar refractivity (Wildman–Crippen MR) is 113 cm³/mol. The molecule has 0 aliphatic carbocycles. The van der Waals surface area contributed by atoms with Crippen molar-refractivity contribution in [2.24, 2.45) is 0 Å². The largest absolute Gasteiger partial charge is 0.432 e. The van der Waals surface area contributed by atoms with E-state index < -0.39 is 0 Å². The van der Waals surface area contributed by atoms with E-state index in [2.05, 4.69) is 30.2 Å². The summed E-state index contributed by atoms with van der Waals surface area (Å²) in [5.41, 5.74) is 4.33. The topological polar surface area (TPSA) is 55.1 Å². The molecule has 5 heteroatoms. The highest BCUT2D eigenvalue weighted by atomic mass is 35.5. The van der Waals surface area contributed by atoms with E-state index in [4.69, 9.17) is 16.0 Å². The molecule has 0 atom stereocenters. The average molecular weight is 395 g/mol. The number of nitrogens with zero attached hydrogens (tertiary/aromatic N) is 1. The van der Waals surface area contributed by atoms with Crippen LogP contribution in [0.25, 0.3) is 16.9 Å². The lowest BCUT2D eigenvalue weighted by Crippen LogP contribution is -2.24. The van der Waals surface area contributed by atoms with Crippen LogP contribution < -0.4 is 5.32 Å². The summed E-state index contributed by atoms with van der Waals surface area (Å²) >= 11 is 6.16. The van der Waals surface area contributed by atoms with Gasteiger partial charge in [0.2, 0.25) is 0 Å². The SMILES string of the molecule is CC/C=C(/CCNC(=O)c1ncc(-c2ccccc2)o1)c1cc(Cl)ccc1C. The molecule has 1 N–H and O–H groups in total. The summed E-state index contributed by atoms with van der Waals surface area (Å²) in [5.74, 6) is 0.325. The number of aryl methyl sites for hydroxylation is 1. The fraction of sp³-hybridized carbons (Fsp3) is 0.217. The lowest BCUT2D eigenvalue weighted by atomic mass is 9.97. The third-order valence-corrected chi connectivity index (χ3v) is 4.67. The fourth-order valence-corrected chi connectivity index (χ4v) is 3.21. The van der Waals surface area contributed by atoms with Gasteiger partial charge in [0.1, 0.15) is 0 Å². The van der Waals surface area contributed by atoms with Gasteiger partial charge in [0.15, 0.2) is 5.76 Å². The van der Waals surface area contributed by atoms with E-state index in [1.807, 2.05) is 48.5 Å². The standard InChI is InChI=1S/C23H23ClN2O2/c1-3-7-17(20-14-19(24)11-10-16(20)2)12-13-25-22(27)23-26-15-21(28-23)18-8-5-4-6-9-18/h4-11,14-15H,3,12-13H2,1-2H3,(H,25,27)/b17-7-. The monoisotopic (exact) mass is 394 g/mol. The summed E-state index contributed by atoms with van der Waals surface area (Å²) in [4.78, 5) is 16.5. The zero-order valence-electron chi connectivity index (χ0n) is 16.0. The van der Waals surface area contributed by atoms with Gasteiger partial charge in [-0.05, 0) is 48.6 Å². The second-order valence-electron chi connectivity index (χ2n) is 6.50. The average Bonchev–Trinajstić information content (AvgIpc) is 3.20. The zero-order chi connectivity index (χ0) is 19.9. The molecule has 1 heterocycles. The van der Waals surface area contributed by atoms with Crippen molar-refractivity contribution in [2.45, 2.75) is 26.7 Å². The molecule has 0 aliphatic rings. The van der Waals surface area contributed by atoms with Gasteiger partial charge < -0.3 is 9.73 Å². The lowest BCUT2D eigenvalue weighted by Gasteiger charge is -2.12. The third-order valence-electron chi connectivity index (χ3n) is 4.43. The number of hydrogen-bond donors (Lipinski definition) is 1. The van der Waals surface area contributed by atoms with Crippen LogP contribution in [0.5, 0.6) is 0 Å². The van der Waals surface area contributed by atoms with Crippen LogP contribution in [-0.4, -0.2) is 17.4 Å². The Morgan fingerprint density at radius 3 is 2.75 bits per heavy atom.